The van der Waals surface area contributed by atoms with Gasteiger partial charge in [0.25, 0.3) is 11.8 Å². The van der Waals surface area contributed by atoms with Gasteiger partial charge in [-0.05, 0) is 60.0 Å². The largest absolute Gasteiger partial charge is 0.496 e. The van der Waals surface area contributed by atoms with E-state index in [9.17, 15) is 9.59 Å². The Morgan fingerprint density at radius 3 is 2.57 bits per heavy atom. The summed E-state index contributed by atoms with van der Waals surface area (Å²) in [5, 5.41) is 3.36. The predicted molar refractivity (Wildman–Crippen MR) is 117 cm³/mol. The normalized spacial score (nSPS) is 12.8. The molecule has 3 aromatic carbocycles. The molecule has 1 aliphatic rings. The molecule has 0 aromatic heterocycles. The zero-order valence-electron chi connectivity index (χ0n) is 16.5. The number of carbonyl (C=O) groups excluding carboxylic acids is 2. The Hall–Kier alpha value is -3.31. The van der Waals surface area contributed by atoms with Gasteiger partial charge in [-0.1, -0.05) is 35.9 Å². The Morgan fingerprint density at radius 1 is 1.00 bits per heavy atom. The SMILES string of the molecule is COc1ccc(Cl)cc1C(=O)Nc1ccc2c(c1)CN(C(=O)c1ccccc1)CC2. The first kappa shape index (κ1) is 20.0. The maximum absolute atomic E-state index is 12.8. The smallest absolute Gasteiger partial charge is 0.259 e. The summed E-state index contributed by atoms with van der Waals surface area (Å²) in [6, 6.07) is 20.0. The first-order valence-corrected chi connectivity index (χ1v) is 10.0. The molecule has 0 unspecified atom stereocenters. The second-order valence-corrected chi connectivity index (χ2v) is 7.56. The lowest BCUT2D eigenvalue weighted by atomic mass is 9.98. The van der Waals surface area contributed by atoms with E-state index in [4.69, 9.17) is 16.3 Å². The van der Waals surface area contributed by atoms with Gasteiger partial charge in [-0.3, -0.25) is 9.59 Å². The summed E-state index contributed by atoms with van der Waals surface area (Å²) >= 11 is 6.04. The highest BCUT2D eigenvalue weighted by Gasteiger charge is 2.22. The van der Waals surface area contributed by atoms with Gasteiger partial charge in [0, 0.05) is 29.4 Å². The van der Waals surface area contributed by atoms with Gasteiger partial charge in [-0.25, -0.2) is 0 Å². The summed E-state index contributed by atoms with van der Waals surface area (Å²) in [6.45, 7) is 1.18. The minimum Gasteiger partial charge on any atom is -0.496 e. The van der Waals surface area contributed by atoms with Crippen molar-refractivity contribution in [1.29, 1.82) is 0 Å². The quantitative estimate of drug-likeness (QED) is 0.659. The van der Waals surface area contributed by atoms with Crippen molar-refractivity contribution in [2.45, 2.75) is 13.0 Å². The fourth-order valence-electron chi connectivity index (χ4n) is 3.63. The fraction of sp³-hybridized carbons (Fsp3) is 0.167. The Balaban J connectivity index is 1.53. The summed E-state index contributed by atoms with van der Waals surface area (Å²) in [5.41, 5.74) is 3.92. The van der Waals surface area contributed by atoms with Crippen LogP contribution in [0.1, 0.15) is 31.8 Å². The Morgan fingerprint density at radius 2 is 1.80 bits per heavy atom. The van der Waals surface area contributed by atoms with Gasteiger partial charge in [0.2, 0.25) is 0 Å². The highest BCUT2D eigenvalue weighted by atomic mass is 35.5. The Bertz CT molecular complexity index is 1100. The molecular weight excluding hydrogens is 400 g/mol. The molecule has 1 heterocycles. The molecule has 6 heteroatoms. The summed E-state index contributed by atoms with van der Waals surface area (Å²) in [4.78, 5) is 27.4. The number of rotatable bonds is 4. The van der Waals surface area contributed by atoms with E-state index in [1.54, 1.807) is 18.2 Å². The van der Waals surface area contributed by atoms with Gasteiger partial charge in [0.05, 0.1) is 12.7 Å². The second kappa shape index (κ2) is 8.59. The van der Waals surface area contributed by atoms with Crippen molar-refractivity contribution in [2.24, 2.45) is 0 Å². The molecule has 152 valence electrons. The van der Waals surface area contributed by atoms with Crippen LogP contribution in [0.15, 0.2) is 66.7 Å². The molecule has 30 heavy (non-hydrogen) atoms. The molecule has 0 saturated heterocycles. The minimum absolute atomic E-state index is 0.0133. The minimum atomic E-state index is -0.303. The van der Waals surface area contributed by atoms with Crippen LogP contribution in [0.4, 0.5) is 5.69 Å². The number of hydrogen-bond acceptors (Lipinski definition) is 3. The van der Waals surface area contributed by atoms with E-state index in [1.807, 2.05) is 53.4 Å². The lowest BCUT2D eigenvalue weighted by Crippen LogP contribution is -2.36. The number of nitrogens with zero attached hydrogens (tertiary/aromatic N) is 1. The number of methoxy groups -OCH3 is 1. The summed E-state index contributed by atoms with van der Waals surface area (Å²) in [6.07, 6.45) is 0.782. The third-order valence-corrected chi connectivity index (χ3v) is 5.43. The van der Waals surface area contributed by atoms with Gasteiger partial charge in [-0.2, -0.15) is 0 Å². The average molecular weight is 421 g/mol. The fourth-order valence-corrected chi connectivity index (χ4v) is 3.80. The number of amides is 2. The molecule has 0 fully saturated rings. The highest BCUT2D eigenvalue weighted by molar-refractivity contribution is 6.31. The second-order valence-electron chi connectivity index (χ2n) is 7.12. The highest BCUT2D eigenvalue weighted by Crippen LogP contribution is 2.26. The zero-order valence-corrected chi connectivity index (χ0v) is 17.3. The number of nitrogens with one attached hydrogen (secondary N) is 1. The van der Waals surface area contributed by atoms with Crippen LogP contribution in [-0.2, 0) is 13.0 Å². The Labute approximate surface area is 180 Å². The molecule has 0 aliphatic carbocycles. The molecule has 3 aromatic rings. The van der Waals surface area contributed by atoms with Gasteiger partial charge < -0.3 is 15.0 Å². The van der Waals surface area contributed by atoms with Crippen LogP contribution >= 0.6 is 11.6 Å². The van der Waals surface area contributed by atoms with Crippen molar-refractivity contribution < 1.29 is 14.3 Å². The number of carbonyl (C=O) groups is 2. The monoisotopic (exact) mass is 420 g/mol. The van der Waals surface area contributed by atoms with Crippen molar-refractivity contribution in [3.05, 3.63) is 94.0 Å². The zero-order chi connectivity index (χ0) is 21.1. The molecule has 0 radical (unpaired) electrons. The first-order valence-electron chi connectivity index (χ1n) is 9.66. The molecule has 5 nitrogen and oxygen atoms in total. The number of halogens is 1. The average Bonchev–Trinajstić information content (AvgIpc) is 2.78. The third-order valence-electron chi connectivity index (χ3n) is 5.19. The van der Waals surface area contributed by atoms with Crippen molar-refractivity contribution in [3.63, 3.8) is 0 Å². The van der Waals surface area contributed by atoms with E-state index in [2.05, 4.69) is 5.32 Å². The van der Waals surface area contributed by atoms with Gasteiger partial charge in [0.1, 0.15) is 5.75 Å². The first-order chi connectivity index (χ1) is 14.5. The number of ether oxygens (including phenoxy) is 1. The maximum Gasteiger partial charge on any atom is 0.259 e. The van der Waals surface area contributed by atoms with Crippen LogP contribution in [0.3, 0.4) is 0 Å². The predicted octanol–water partition coefficient (Wildman–Crippen LogP) is 4.80. The molecule has 1 N–H and O–H groups in total. The van der Waals surface area contributed by atoms with Crippen LogP contribution in [0.5, 0.6) is 5.75 Å². The Kier molecular flexibility index (Phi) is 5.72. The van der Waals surface area contributed by atoms with Crippen LogP contribution in [0.2, 0.25) is 5.02 Å². The van der Waals surface area contributed by atoms with E-state index in [0.29, 0.717) is 40.7 Å². The lowest BCUT2D eigenvalue weighted by molar-refractivity contribution is 0.0734. The number of fused-ring (bicyclic) bond motifs is 1. The van der Waals surface area contributed by atoms with E-state index < -0.39 is 0 Å². The van der Waals surface area contributed by atoms with Gasteiger partial charge in [0.15, 0.2) is 0 Å². The van der Waals surface area contributed by atoms with E-state index in [-0.39, 0.29) is 11.8 Å². The van der Waals surface area contributed by atoms with Crippen molar-refractivity contribution in [2.75, 3.05) is 19.0 Å². The molecule has 0 saturated carbocycles. The molecule has 0 atom stereocenters. The molecule has 0 bridgehead atoms. The molecular formula is C24H21ClN2O3. The summed E-state index contributed by atoms with van der Waals surface area (Å²) in [7, 11) is 1.51. The van der Waals surface area contributed by atoms with Gasteiger partial charge >= 0.3 is 0 Å². The van der Waals surface area contributed by atoms with E-state index in [1.165, 1.54) is 12.7 Å². The lowest BCUT2D eigenvalue weighted by Gasteiger charge is -2.29. The number of benzene rings is 3. The maximum atomic E-state index is 12.8. The van der Waals surface area contributed by atoms with Crippen LogP contribution in [0, 0.1) is 0 Å². The van der Waals surface area contributed by atoms with E-state index >= 15 is 0 Å². The van der Waals surface area contributed by atoms with Crippen LogP contribution < -0.4 is 10.1 Å². The van der Waals surface area contributed by atoms with Crippen molar-refractivity contribution in [1.82, 2.24) is 4.90 Å². The van der Waals surface area contributed by atoms with Gasteiger partial charge in [-0.15, -0.1) is 0 Å². The summed E-state index contributed by atoms with van der Waals surface area (Å²) < 4.78 is 5.27. The van der Waals surface area contributed by atoms with Crippen LogP contribution in [0.25, 0.3) is 0 Å². The standard InChI is InChI=1S/C24H21ClN2O3/c1-30-22-10-8-19(25)14-21(22)23(28)26-20-9-7-16-11-12-27(15-18(16)13-20)24(29)17-5-3-2-4-6-17/h2-10,13-14H,11-12,15H2,1H3,(H,26,28). The number of anilines is 1. The topological polar surface area (TPSA) is 58.6 Å². The van der Waals surface area contributed by atoms with Crippen LogP contribution in [-0.4, -0.2) is 30.4 Å². The molecule has 2 amide bonds. The van der Waals surface area contributed by atoms with Crippen molar-refractivity contribution in [3.8, 4) is 5.75 Å². The van der Waals surface area contributed by atoms with Crippen molar-refractivity contribution >= 4 is 29.1 Å². The molecule has 4 rings (SSSR count). The number of hydrogen-bond donors (Lipinski definition) is 1. The third kappa shape index (κ3) is 4.16. The molecule has 1 aliphatic heterocycles. The van der Waals surface area contributed by atoms with E-state index in [0.717, 1.165) is 12.0 Å². The molecule has 0 spiro atoms. The summed E-state index contributed by atoms with van der Waals surface area (Å²) in [5.74, 6) is 0.163.